The molecule has 2 atom stereocenters. The third kappa shape index (κ3) is 5.73. The lowest BCUT2D eigenvalue weighted by Gasteiger charge is -2.27. The van der Waals surface area contributed by atoms with Gasteiger partial charge in [-0.25, -0.2) is 4.79 Å². The quantitative estimate of drug-likeness (QED) is 0.749. The van der Waals surface area contributed by atoms with E-state index in [2.05, 4.69) is 5.32 Å². The molecule has 0 spiro atoms. The molecule has 0 aromatic heterocycles. The normalized spacial score (nSPS) is 15.1. The second-order valence-corrected chi connectivity index (χ2v) is 5.10. The van der Waals surface area contributed by atoms with Crippen molar-refractivity contribution in [2.45, 2.75) is 59.6 Å². The van der Waals surface area contributed by atoms with Gasteiger partial charge in [0.15, 0.2) is 0 Å². The molecule has 1 amide bonds. The van der Waals surface area contributed by atoms with Gasteiger partial charge >= 0.3 is 5.97 Å². The summed E-state index contributed by atoms with van der Waals surface area (Å²) in [5, 5.41) is 2.64. The van der Waals surface area contributed by atoms with Crippen molar-refractivity contribution >= 4 is 11.9 Å². The van der Waals surface area contributed by atoms with E-state index in [0.29, 0.717) is 0 Å². The number of rotatable bonds is 4. The monoisotopic (exact) mass is 229 g/mol. The molecular formula is C12H23NO3. The first-order valence-electron chi connectivity index (χ1n) is 5.67. The topological polar surface area (TPSA) is 55.4 Å². The molecule has 0 unspecified atom stereocenters. The van der Waals surface area contributed by atoms with Crippen LogP contribution in [-0.2, 0) is 14.3 Å². The molecule has 0 aromatic carbocycles. The number of carbonyl (C=O) groups excluding carboxylic acids is 2. The van der Waals surface area contributed by atoms with Crippen molar-refractivity contribution in [1.82, 2.24) is 5.32 Å². The Bertz CT molecular complexity index is 255. The lowest BCUT2D eigenvalue weighted by molar-refractivity contribution is -0.160. The predicted molar refractivity (Wildman–Crippen MR) is 62.9 cm³/mol. The van der Waals surface area contributed by atoms with Crippen LogP contribution in [0, 0.1) is 5.92 Å². The van der Waals surface area contributed by atoms with E-state index in [9.17, 15) is 9.59 Å². The van der Waals surface area contributed by atoms with Crippen LogP contribution in [0.2, 0.25) is 0 Å². The lowest BCUT2D eigenvalue weighted by atomic mass is 9.99. The molecule has 4 nitrogen and oxygen atoms in total. The SMILES string of the molecule is CC[C@H](C)[C@H](NC(C)=O)C(=O)OC(C)(C)C. The van der Waals surface area contributed by atoms with Crippen LogP contribution in [0.15, 0.2) is 0 Å². The van der Waals surface area contributed by atoms with E-state index in [4.69, 9.17) is 4.74 Å². The summed E-state index contributed by atoms with van der Waals surface area (Å²) in [6, 6.07) is -0.554. The van der Waals surface area contributed by atoms with Crippen molar-refractivity contribution in [3.05, 3.63) is 0 Å². The van der Waals surface area contributed by atoms with Crippen LogP contribution in [0.25, 0.3) is 0 Å². The molecule has 0 rings (SSSR count). The molecule has 0 fully saturated rings. The lowest BCUT2D eigenvalue weighted by Crippen LogP contribution is -2.47. The van der Waals surface area contributed by atoms with E-state index in [0.717, 1.165) is 6.42 Å². The number of amides is 1. The molecule has 0 aliphatic heterocycles. The summed E-state index contributed by atoms with van der Waals surface area (Å²) in [6.45, 7) is 10.7. The second-order valence-electron chi connectivity index (χ2n) is 5.10. The van der Waals surface area contributed by atoms with Gasteiger partial charge in [-0.05, 0) is 26.7 Å². The highest BCUT2D eigenvalue weighted by atomic mass is 16.6. The molecule has 0 saturated carbocycles. The molecule has 4 heteroatoms. The molecule has 94 valence electrons. The standard InChI is InChI=1S/C12H23NO3/c1-7-8(2)10(13-9(3)14)11(15)16-12(4,5)6/h8,10H,7H2,1-6H3,(H,13,14)/t8-,10-/m0/s1. The van der Waals surface area contributed by atoms with Crippen LogP contribution in [0.4, 0.5) is 0 Å². The molecule has 0 bridgehead atoms. The van der Waals surface area contributed by atoms with Gasteiger partial charge in [0.05, 0.1) is 0 Å². The number of carbonyl (C=O) groups is 2. The van der Waals surface area contributed by atoms with Gasteiger partial charge in [-0.1, -0.05) is 20.3 Å². The molecule has 0 aliphatic carbocycles. The number of ether oxygens (including phenoxy) is 1. The molecule has 1 N–H and O–H groups in total. The number of hydrogen-bond donors (Lipinski definition) is 1. The fourth-order valence-corrected chi connectivity index (χ4v) is 1.25. The van der Waals surface area contributed by atoms with Gasteiger partial charge in [0.25, 0.3) is 0 Å². The molecule has 0 saturated heterocycles. The fraction of sp³-hybridized carbons (Fsp3) is 0.833. The van der Waals surface area contributed by atoms with Gasteiger partial charge in [-0.3, -0.25) is 4.79 Å². The summed E-state index contributed by atoms with van der Waals surface area (Å²) in [4.78, 5) is 22.9. The van der Waals surface area contributed by atoms with Crippen molar-refractivity contribution < 1.29 is 14.3 Å². The summed E-state index contributed by atoms with van der Waals surface area (Å²) in [5.74, 6) is -0.507. The summed E-state index contributed by atoms with van der Waals surface area (Å²) in [6.07, 6.45) is 0.810. The van der Waals surface area contributed by atoms with Crippen LogP contribution >= 0.6 is 0 Å². The Kier molecular flexibility index (Phi) is 5.48. The molecule has 0 radical (unpaired) electrons. The minimum absolute atomic E-state index is 0.0683. The Balaban J connectivity index is 4.63. The Morgan fingerprint density at radius 2 is 1.81 bits per heavy atom. The molecule has 0 aromatic rings. The predicted octanol–water partition coefficient (Wildman–Crippen LogP) is 1.88. The number of nitrogens with one attached hydrogen (secondary N) is 1. The van der Waals surface area contributed by atoms with Crippen molar-refractivity contribution in [3.63, 3.8) is 0 Å². The summed E-state index contributed by atoms with van der Waals surface area (Å²) in [5.41, 5.74) is -0.527. The van der Waals surface area contributed by atoms with Crippen LogP contribution in [-0.4, -0.2) is 23.5 Å². The third-order valence-corrected chi connectivity index (χ3v) is 2.23. The first-order valence-corrected chi connectivity index (χ1v) is 5.67. The average Bonchev–Trinajstić information content (AvgIpc) is 2.09. The summed E-state index contributed by atoms with van der Waals surface area (Å²) < 4.78 is 5.27. The maximum atomic E-state index is 11.9. The fourth-order valence-electron chi connectivity index (χ4n) is 1.25. The maximum absolute atomic E-state index is 11.9. The van der Waals surface area contributed by atoms with Crippen molar-refractivity contribution in [2.75, 3.05) is 0 Å². The van der Waals surface area contributed by atoms with Gasteiger partial charge in [-0.15, -0.1) is 0 Å². The van der Waals surface area contributed by atoms with E-state index in [1.807, 2.05) is 34.6 Å². The minimum atomic E-state index is -0.554. The van der Waals surface area contributed by atoms with Crippen LogP contribution in [0.5, 0.6) is 0 Å². The highest BCUT2D eigenvalue weighted by Crippen LogP contribution is 2.14. The summed E-state index contributed by atoms with van der Waals surface area (Å²) in [7, 11) is 0. The largest absolute Gasteiger partial charge is 0.458 e. The minimum Gasteiger partial charge on any atom is -0.458 e. The Morgan fingerprint density at radius 3 is 2.12 bits per heavy atom. The smallest absolute Gasteiger partial charge is 0.329 e. The number of esters is 1. The van der Waals surface area contributed by atoms with Gasteiger partial charge in [0.2, 0.25) is 5.91 Å². The number of hydrogen-bond acceptors (Lipinski definition) is 3. The van der Waals surface area contributed by atoms with Crippen molar-refractivity contribution in [3.8, 4) is 0 Å². The van der Waals surface area contributed by atoms with E-state index in [1.165, 1.54) is 6.92 Å². The van der Waals surface area contributed by atoms with Gasteiger partial charge in [0, 0.05) is 6.92 Å². The van der Waals surface area contributed by atoms with Crippen LogP contribution in [0.1, 0.15) is 48.0 Å². The molecule has 0 aliphatic rings. The van der Waals surface area contributed by atoms with Gasteiger partial charge < -0.3 is 10.1 Å². The van der Waals surface area contributed by atoms with Gasteiger partial charge in [0.1, 0.15) is 11.6 Å². The zero-order valence-corrected chi connectivity index (χ0v) is 11.1. The van der Waals surface area contributed by atoms with Gasteiger partial charge in [-0.2, -0.15) is 0 Å². The van der Waals surface area contributed by atoms with Crippen molar-refractivity contribution in [1.29, 1.82) is 0 Å². The third-order valence-electron chi connectivity index (χ3n) is 2.23. The second kappa shape index (κ2) is 5.87. The van der Waals surface area contributed by atoms with E-state index in [1.54, 1.807) is 0 Å². The Labute approximate surface area is 97.7 Å². The van der Waals surface area contributed by atoms with Crippen molar-refractivity contribution in [2.24, 2.45) is 5.92 Å². The molecule has 16 heavy (non-hydrogen) atoms. The van der Waals surface area contributed by atoms with E-state index in [-0.39, 0.29) is 17.8 Å². The molecule has 0 heterocycles. The Morgan fingerprint density at radius 1 is 1.31 bits per heavy atom. The average molecular weight is 229 g/mol. The highest BCUT2D eigenvalue weighted by molar-refractivity contribution is 5.83. The first kappa shape index (κ1) is 14.9. The maximum Gasteiger partial charge on any atom is 0.329 e. The van der Waals surface area contributed by atoms with Crippen LogP contribution in [0.3, 0.4) is 0 Å². The van der Waals surface area contributed by atoms with Crippen LogP contribution < -0.4 is 5.32 Å². The Hall–Kier alpha value is -1.06. The highest BCUT2D eigenvalue weighted by Gasteiger charge is 2.29. The summed E-state index contributed by atoms with van der Waals surface area (Å²) >= 11 is 0. The van der Waals surface area contributed by atoms with E-state index < -0.39 is 11.6 Å². The zero-order valence-electron chi connectivity index (χ0n) is 11.1. The molecular weight excluding hydrogens is 206 g/mol. The first-order chi connectivity index (χ1) is 7.17. The van der Waals surface area contributed by atoms with E-state index >= 15 is 0 Å². The zero-order chi connectivity index (χ0) is 12.9.